The molecule has 166 valence electrons. The van der Waals surface area contributed by atoms with Crippen molar-refractivity contribution < 1.29 is 0 Å². The summed E-state index contributed by atoms with van der Waals surface area (Å²) in [7, 11) is 0. The van der Waals surface area contributed by atoms with E-state index in [-0.39, 0.29) is 11.1 Å². The Balaban J connectivity index is 1.51. The highest BCUT2D eigenvalue weighted by molar-refractivity contribution is 7.98. The molecule has 0 bridgehead atoms. The van der Waals surface area contributed by atoms with Gasteiger partial charge in [0.05, 0.1) is 16.8 Å². The van der Waals surface area contributed by atoms with E-state index in [4.69, 9.17) is 4.98 Å². The summed E-state index contributed by atoms with van der Waals surface area (Å²) in [6, 6.07) is 7.67. The van der Waals surface area contributed by atoms with Crippen molar-refractivity contribution in [2.75, 3.05) is 0 Å². The number of benzene rings is 1. The Hall–Kier alpha value is -2.75. The van der Waals surface area contributed by atoms with Gasteiger partial charge < -0.3 is 0 Å². The molecule has 0 aliphatic heterocycles. The maximum absolute atomic E-state index is 13.9. The van der Waals surface area contributed by atoms with Gasteiger partial charge in [-0.2, -0.15) is 0 Å². The normalized spacial score (nSPS) is 13.3. The highest BCUT2D eigenvalue weighted by Gasteiger charge is 2.24. The van der Waals surface area contributed by atoms with Crippen molar-refractivity contribution in [2.24, 2.45) is 0 Å². The summed E-state index contributed by atoms with van der Waals surface area (Å²) in [6.45, 7) is 4.08. The summed E-state index contributed by atoms with van der Waals surface area (Å²) in [4.78, 5) is 38.6. The van der Waals surface area contributed by atoms with Gasteiger partial charge in [0.15, 0.2) is 10.1 Å². The lowest BCUT2D eigenvalue weighted by atomic mass is 10.1. The molecule has 0 spiro atoms. The van der Waals surface area contributed by atoms with Crippen LogP contribution in [0.2, 0.25) is 0 Å². The Bertz CT molecular complexity index is 1680. The van der Waals surface area contributed by atoms with Crippen LogP contribution in [0.1, 0.15) is 33.7 Å². The van der Waals surface area contributed by atoms with Crippen LogP contribution in [0, 0.1) is 13.8 Å². The Morgan fingerprint density at radius 3 is 2.85 bits per heavy atom. The molecule has 0 amide bonds. The zero-order valence-electron chi connectivity index (χ0n) is 18.1. The van der Waals surface area contributed by atoms with E-state index in [1.807, 2.05) is 31.4 Å². The van der Waals surface area contributed by atoms with E-state index in [2.05, 4.69) is 11.1 Å². The van der Waals surface area contributed by atoms with Crippen molar-refractivity contribution >= 4 is 49.6 Å². The van der Waals surface area contributed by atoms with Crippen LogP contribution >= 0.6 is 34.4 Å². The van der Waals surface area contributed by atoms with E-state index >= 15 is 0 Å². The first-order valence-electron chi connectivity index (χ1n) is 10.7. The Kier molecular flexibility index (Phi) is 5.01. The number of hydrogen-bond donors (Lipinski definition) is 0. The Morgan fingerprint density at radius 1 is 1.12 bits per heavy atom. The smallest absolute Gasteiger partial charge is 0.267 e. The third-order valence-corrected chi connectivity index (χ3v) is 8.92. The molecule has 4 aromatic heterocycles. The summed E-state index contributed by atoms with van der Waals surface area (Å²) in [5, 5.41) is 3.25. The van der Waals surface area contributed by atoms with Crippen molar-refractivity contribution in [2.45, 2.75) is 44.0 Å². The minimum absolute atomic E-state index is 0.00408. The van der Waals surface area contributed by atoms with Gasteiger partial charge in [-0.1, -0.05) is 29.5 Å². The molecule has 0 N–H and O–H groups in total. The first-order chi connectivity index (χ1) is 16.0. The molecule has 0 saturated carbocycles. The zero-order chi connectivity index (χ0) is 22.7. The average Bonchev–Trinajstić information content (AvgIpc) is 3.49. The quantitative estimate of drug-likeness (QED) is 0.263. The molecule has 0 radical (unpaired) electrons. The van der Waals surface area contributed by atoms with Gasteiger partial charge >= 0.3 is 0 Å². The van der Waals surface area contributed by atoms with Gasteiger partial charge in [-0.25, -0.2) is 9.97 Å². The van der Waals surface area contributed by atoms with E-state index in [9.17, 15) is 9.59 Å². The fourth-order valence-electron chi connectivity index (χ4n) is 4.49. The summed E-state index contributed by atoms with van der Waals surface area (Å²) in [5.41, 5.74) is 4.80. The predicted molar refractivity (Wildman–Crippen MR) is 136 cm³/mol. The molecule has 6 rings (SSSR count). The average molecular weight is 493 g/mol. The van der Waals surface area contributed by atoms with Gasteiger partial charge in [-0.05, 0) is 50.3 Å². The van der Waals surface area contributed by atoms with E-state index in [1.165, 1.54) is 33.5 Å². The fourth-order valence-corrected chi connectivity index (χ4v) is 7.43. The monoisotopic (exact) mass is 492 g/mol. The van der Waals surface area contributed by atoms with Gasteiger partial charge in [-0.3, -0.25) is 18.6 Å². The predicted octanol–water partition coefficient (Wildman–Crippen LogP) is 4.91. The van der Waals surface area contributed by atoms with Gasteiger partial charge in [0.2, 0.25) is 0 Å². The summed E-state index contributed by atoms with van der Waals surface area (Å²) in [5.74, 6) is 0.456. The fraction of sp³-hybridized carbons (Fsp3) is 0.250. The number of thioether (sulfide) groups is 1. The molecule has 0 fully saturated rings. The molecule has 1 aromatic carbocycles. The van der Waals surface area contributed by atoms with Crippen molar-refractivity contribution in [1.29, 1.82) is 0 Å². The molecule has 33 heavy (non-hydrogen) atoms. The van der Waals surface area contributed by atoms with Crippen LogP contribution in [-0.4, -0.2) is 18.9 Å². The van der Waals surface area contributed by atoms with Gasteiger partial charge in [0.1, 0.15) is 4.83 Å². The number of rotatable bonds is 4. The van der Waals surface area contributed by atoms with Crippen molar-refractivity contribution in [3.63, 3.8) is 0 Å². The minimum Gasteiger partial charge on any atom is -0.269 e. The number of nitrogens with zero attached hydrogens (tertiary/aromatic N) is 4. The lowest BCUT2D eigenvalue weighted by Crippen LogP contribution is -2.22. The van der Waals surface area contributed by atoms with Crippen LogP contribution in [-0.2, 0) is 18.6 Å². The molecule has 4 heterocycles. The van der Waals surface area contributed by atoms with E-state index in [1.54, 1.807) is 32.6 Å². The van der Waals surface area contributed by atoms with Crippen LogP contribution in [0.4, 0.5) is 0 Å². The van der Waals surface area contributed by atoms with Crippen LogP contribution in [0.15, 0.2) is 50.6 Å². The van der Waals surface area contributed by atoms with E-state index in [0.717, 1.165) is 46.3 Å². The van der Waals surface area contributed by atoms with Gasteiger partial charge in [-0.15, -0.1) is 22.7 Å². The van der Waals surface area contributed by atoms with Crippen molar-refractivity contribution in [3.8, 4) is 5.69 Å². The first kappa shape index (κ1) is 20.8. The second-order valence-corrected chi connectivity index (χ2v) is 11.2. The second kappa shape index (κ2) is 7.93. The molecule has 1 aliphatic carbocycles. The lowest BCUT2D eigenvalue weighted by molar-refractivity contribution is 0.814. The van der Waals surface area contributed by atoms with Gasteiger partial charge in [0, 0.05) is 28.3 Å². The highest BCUT2D eigenvalue weighted by atomic mass is 32.2. The van der Waals surface area contributed by atoms with Crippen LogP contribution < -0.4 is 11.1 Å². The largest absolute Gasteiger partial charge is 0.269 e. The standard InChI is InChI=1S/C24H20N4O2S3/c1-13-6-7-17(14(2)10-13)28-22(30)20-16-4-3-5-18(16)33-21(20)26-24(28)32-12-15-11-19(29)27-8-9-31-23(27)25-15/h6-11H,3-5,12H2,1-2H3. The zero-order valence-corrected chi connectivity index (χ0v) is 20.6. The third-order valence-electron chi connectivity index (χ3n) is 6.01. The highest BCUT2D eigenvalue weighted by Crippen LogP contribution is 2.36. The number of hydrogen-bond acceptors (Lipinski definition) is 7. The molecule has 1 aliphatic rings. The lowest BCUT2D eigenvalue weighted by Gasteiger charge is -2.15. The minimum atomic E-state index is -0.0956. The number of thiophene rings is 1. The number of aromatic nitrogens is 4. The van der Waals surface area contributed by atoms with Crippen molar-refractivity contribution in [1.82, 2.24) is 18.9 Å². The van der Waals surface area contributed by atoms with Crippen LogP contribution in [0.3, 0.4) is 0 Å². The molecular weight excluding hydrogens is 472 g/mol. The molecule has 0 saturated heterocycles. The van der Waals surface area contributed by atoms with E-state index < -0.39 is 0 Å². The van der Waals surface area contributed by atoms with Gasteiger partial charge in [0.25, 0.3) is 11.1 Å². The second-order valence-electron chi connectivity index (χ2n) is 8.29. The molecule has 5 aromatic rings. The molecule has 0 atom stereocenters. The summed E-state index contributed by atoms with van der Waals surface area (Å²) in [6.07, 6.45) is 4.80. The summed E-state index contributed by atoms with van der Waals surface area (Å²) < 4.78 is 3.30. The summed E-state index contributed by atoms with van der Waals surface area (Å²) >= 11 is 4.53. The van der Waals surface area contributed by atoms with Crippen molar-refractivity contribution in [3.05, 3.63) is 83.8 Å². The Labute approximate surface area is 201 Å². The van der Waals surface area contributed by atoms with Crippen LogP contribution in [0.25, 0.3) is 20.9 Å². The molecular formula is C24H20N4O2S3. The maximum atomic E-state index is 13.9. The third kappa shape index (κ3) is 3.46. The van der Waals surface area contributed by atoms with E-state index in [0.29, 0.717) is 21.6 Å². The molecule has 9 heteroatoms. The first-order valence-corrected chi connectivity index (χ1v) is 13.4. The topological polar surface area (TPSA) is 69.3 Å². The van der Waals surface area contributed by atoms with Crippen LogP contribution in [0.5, 0.6) is 0 Å². The number of thiazole rings is 1. The molecule has 6 nitrogen and oxygen atoms in total. The number of aryl methyl sites for hydroxylation is 4. The SMILES string of the molecule is Cc1ccc(-n2c(SCc3cc(=O)n4ccsc4n3)nc3sc4c(c3c2=O)CCC4)c(C)c1. The molecule has 0 unspecified atom stereocenters. The maximum Gasteiger partial charge on any atom is 0.267 e. The number of fused-ring (bicyclic) bond motifs is 4. The Morgan fingerprint density at radius 2 is 2.00 bits per heavy atom.